The quantitative estimate of drug-likeness (QED) is 0.648. The molecule has 4 rings (SSSR count). The molecule has 2 heterocycles. The van der Waals surface area contributed by atoms with Crippen molar-refractivity contribution in [2.24, 2.45) is 0 Å². The monoisotopic (exact) mass is 389 g/mol. The fourth-order valence-electron chi connectivity index (χ4n) is 4.09. The fourth-order valence-corrected chi connectivity index (χ4v) is 4.09. The van der Waals surface area contributed by atoms with Crippen molar-refractivity contribution < 1.29 is 9.90 Å². The lowest BCUT2D eigenvalue weighted by Crippen LogP contribution is -2.41. The van der Waals surface area contributed by atoms with Gasteiger partial charge in [-0.2, -0.15) is 0 Å². The molecule has 0 unspecified atom stereocenters. The van der Waals surface area contributed by atoms with Crippen molar-refractivity contribution in [3.8, 4) is 0 Å². The summed E-state index contributed by atoms with van der Waals surface area (Å²) in [5, 5.41) is 14.1. The second-order valence-electron chi connectivity index (χ2n) is 7.71. The largest absolute Gasteiger partial charge is 0.392 e. The molecule has 1 fully saturated rings. The molecule has 1 aromatic heterocycles. The minimum atomic E-state index is 0.0419. The van der Waals surface area contributed by atoms with Crippen molar-refractivity contribution in [3.63, 3.8) is 0 Å². The van der Waals surface area contributed by atoms with Crippen molar-refractivity contribution in [1.29, 1.82) is 0 Å². The summed E-state index contributed by atoms with van der Waals surface area (Å²) in [6, 6.07) is 18.2. The van der Waals surface area contributed by atoms with E-state index in [4.69, 9.17) is 0 Å². The lowest BCUT2D eigenvalue weighted by Gasteiger charge is -2.32. The van der Waals surface area contributed by atoms with Gasteiger partial charge >= 0.3 is 0 Å². The molecule has 1 aliphatic rings. The van der Waals surface area contributed by atoms with E-state index in [-0.39, 0.29) is 12.4 Å². The Morgan fingerprint density at radius 1 is 1.03 bits per heavy atom. The summed E-state index contributed by atoms with van der Waals surface area (Å²) in [6.45, 7) is 2.35. The number of hydrogen-bond donors (Lipinski definition) is 2. The standard InChI is InChI=1S/C24H27N3O2/c28-17-19-5-1-2-8-23(19)26-20-10-13-27(14-11-20)16-21(29)15-18-6-3-9-24-22(18)7-4-12-25-24/h1-9,12,20,26,28H,10-11,13-17H2. The summed E-state index contributed by atoms with van der Waals surface area (Å²) in [5.41, 5.74) is 3.93. The van der Waals surface area contributed by atoms with Crippen LogP contribution in [0.15, 0.2) is 60.8 Å². The number of para-hydroxylation sites is 1. The first-order valence-corrected chi connectivity index (χ1v) is 10.2. The van der Waals surface area contributed by atoms with Crippen LogP contribution in [0.1, 0.15) is 24.0 Å². The highest BCUT2D eigenvalue weighted by Gasteiger charge is 2.21. The molecular formula is C24H27N3O2. The number of benzene rings is 2. The van der Waals surface area contributed by atoms with Gasteiger partial charge in [0.15, 0.2) is 5.78 Å². The Balaban J connectivity index is 1.30. The Morgan fingerprint density at radius 2 is 1.83 bits per heavy atom. The maximum atomic E-state index is 12.7. The molecule has 0 radical (unpaired) electrons. The van der Waals surface area contributed by atoms with E-state index in [0.29, 0.717) is 19.0 Å². The molecule has 5 heteroatoms. The van der Waals surface area contributed by atoms with E-state index in [1.807, 2.05) is 54.6 Å². The Kier molecular flexibility index (Phi) is 6.17. The smallest absolute Gasteiger partial charge is 0.151 e. The first-order chi connectivity index (χ1) is 14.2. The number of fused-ring (bicyclic) bond motifs is 1. The number of aliphatic hydroxyl groups is 1. The van der Waals surface area contributed by atoms with Crippen molar-refractivity contribution in [2.45, 2.75) is 31.9 Å². The van der Waals surface area contributed by atoms with E-state index in [2.05, 4.69) is 15.2 Å². The van der Waals surface area contributed by atoms with Gasteiger partial charge in [-0.05, 0) is 36.6 Å². The number of piperidine rings is 1. The third-order valence-electron chi connectivity index (χ3n) is 5.66. The molecule has 0 atom stereocenters. The van der Waals surface area contributed by atoms with Crippen LogP contribution < -0.4 is 5.32 Å². The van der Waals surface area contributed by atoms with Gasteiger partial charge < -0.3 is 10.4 Å². The first-order valence-electron chi connectivity index (χ1n) is 10.2. The zero-order valence-electron chi connectivity index (χ0n) is 16.6. The summed E-state index contributed by atoms with van der Waals surface area (Å²) >= 11 is 0. The van der Waals surface area contributed by atoms with E-state index in [1.54, 1.807) is 6.20 Å². The van der Waals surface area contributed by atoms with Crippen molar-refractivity contribution in [1.82, 2.24) is 9.88 Å². The number of aromatic nitrogens is 1. The summed E-state index contributed by atoms with van der Waals surface area (Å²) < 4.78 is 0. The molecule has 0 bridgehead atoms. The van der Waals surface area contributed by atoms with Gasteiger partial charge in [0, 0.05) is 48.4 Å². The topological polar surface area (TPSA) is 65.5 Å². The van der Waals surface area contributed by atoms with E-state index < -0.39 is 0 Å². The molecule has 1 aliphatic heterocycles. The number of aliphatic hydroxyl groups excluding tert-OH is 1. The predicted molar refractivity (Wildman–Crippen MR) is 116 cm³/mol. The Hall–Kier alpha value is -2.76. The number of Topliss-reactive ketones (excluding diaryl/α,β-unsaturated/α-hetero) is 1. The van der Waals surface area contributed by atoms with Crippen molar-refractivity contribution >= 4 is 22.4 Å². The number of carbonyl (C=O) groups excluding carboxylic acids is 1. The van der Waals surface area contributed by atoms with Crippen LogP contribution in [0.2, 0.25) is 0 Å². The Labute approximate surface area is 171 Å². The lowest BCUT2D eigenvalue weighted by molar-refractivity contribution is -0.119. The number of hydrogen-bond acceptors (Lipinski definition) is 5. The number of likely N-dealkylation sites (tertiary alicyclic amines) is 1. The van der Waals surface area contributed by atoms with Gasteiger partial charge in [-0.3, -0.25) is 14.7 Å². The van der Waals surface area contributed by atoms with Crippen molar-refractivity contribution in [2.75, 3.05) is 25.0 Å². The fraction of sp³-hybridized carbons (Fsp3) is 0.333. The Morgan fingerprint density at radius 3 is 2.66 bits per heavy atom. The van der Waals surface area contributed by atoms with Gasteiger partial charge in [-0.25, -0.2) is 0 Å². The van der Waals surface area contributed by atoms with Crippen LogP contribution in [0.4, 0.5) is 5.69 Å². The molecule has 0 spiro atoms. The maximum absolute atomic E-state index is 12.7. The molecule has 150 valence electrons. The number of rotatable bonds is 7. The lowest BCUT2D eigenvalue weighted by atomic mass is 10.0. The number of pyridine rings is 1. The summed E-state index contributed by atoms with van der Waals surface area (Å²) in [5.74, 6) is 0.249. The molecule has 0 aliphatic carbocycles. The molecular weight excluding hydrogens is 362 g/mol. The maximum Gasteiger partial charge on any atom is 0.151 e. The highest BCUT2D eigenvalue weighted by atomic mass is 16.3. The summed E-state index contributed by atoms with van der Waals surface area (Å²) in [7, 11) is 0. The van der Waals surface area contributed by atoms with Crippen LogP contribution in [0.25, 0.3) is 10.9 Å². The third kappa shape index (κ3) is 4.81. The van der Waals surface area contributed by atoms with Crippen LogP contribution in [0.3, 0.4) is 0 Å². The summed E-state index contributed by atoms with van der Waals surface area (Å²) in [4.78, 5) is 19.3. The number of nitrogens with one attached hydrogen (secondary N) is 1. The molecule has 0 saturated carbocycles. The van der Waals surface area contributed by atoms with E-state index >= 15 is 0 Å². The molecule has 5 nitrogen and oxygen atoms in total. The van der Waals surface area contributed by atoms with Crippen LogP contribution in [-0.2, 0) is 17.8 Å². The van der Waals surface area contributed by atoms with Crippen LogP contribution >= 0.6 is 0 Å². The van der Waals surface area contributed by atoms with Crippen LogP contribution in [0, 0.1) is 0 Å². The SMILES string of the molecule is O=C(Cc1cccc2ncccc12)CN1CCC(Nc2ccccc2CO)CC1. The normalized spacial score (nSPS) is 15.5. The van der Waals surface area contributed by atoms with Gasteiger partial charge in [0.2, 0.25) is 0 Å². The highest BCUT2D eigenvalue weighted by molar-refractivity contribution is 5.89. The second kappa shape index (κ2) is 9.16. The minimum absolute atomic E-state index is 0.0419. The van der Waals surface area contributed by atoms with E-state index in [9.17, 15) is 9.90 Å². The van der Waals surface area contributed by atoms with E-state index in [1.165, 1.54) is 0 Å². The minimum Gasteiger partial charge on any atom is -0.392 e. The average Bonchev–Trinajstić information content (AvgIpc) is 2.76. The van der Waals surface area contributed by atoms with Gasteiger partial charge in [0.05, 0.1) is 18.7 Å². The zero-order valence-corrected chi connectivity index (χ0v) is 16.6. The molecule has 29 heavy (non-hydrogen) atoms. The number of anilines is 1. The number of ketones is 1. The Bertz CT molecular complexity index is 975. The van der Waals surface area contributed by atoms with Crippen LogP contribution in [0.5, 0.6) is 0 Å². The molecule has 2 N–H and O–H groups in total. The highest BCUT2D eigenvalue weighted by Crippen LogP contribution is 2.21. The number of nitrogens with zero attached hydrogens (tertiary/aromatic N) is 2. The second-order valence-corrected chi connectivity index (χ2v) is 7.71. The molecule has 0 amide bonds. The molecule has 3 aromatic rings. The van der Waals surface area contributed by atoms with E-state index in [0.717, 1.165) is 53.6 Å². The van der Waals surface area contributed by atoms with Gasteiger partial charge in [-0.1, -0.05) is 36.4 Å². The molecule has 2 aromatic carbocycles. The molecule has 1 saturated heterocycles. The first kappa shape index (κ1) is 19.6. The van der Waals surface area contributed by atoms with Gasteiger partial charge in [0.1, 0.15) is 0 Å². The average molecular weight is 389 g/mol. The summed E-state index contributed by atoms with van der Waals surface area (Å²) in [6.07, 6.45) is 4.21. The number of carbonyl (C=O) groups is 1. The van der Waals surface area contributed by atoms with Crippen molar-refractivity contribution in [3.05, 3.63) is 71.9 Å². The van der Waals surface area contributed by atoms with Crippen LogP contribution in [-0.4, -0.2) is 46.4 Å². The third-order valence-corrected chi connectivity index (χ3v) is 5.66. The predicted octanol–water partition coefficient (Wildman–Crippen LogP) is 3.42. The zero-order chi connectivity index (χ0) is 20.1. The van der Waals surface area contributed by atoms with Gasteiger partial charge in [0.25, 0.3) is 0 Å². The van der Waals surface area contributed by atoms with Gasteiger partial charge in [-0.15, -0.1) is 0 Å².